The van der Waals surface area contributed by atoms with Gasteiger partial charge in [-0.3, -0.25) is 13.8 Å². The van der Waals surface area contributed by atoms with Crippen LogP contribution in [0.4, 0.5) is 5.69 Å². The third kappa shape index (κ3) is 2.41. The molecule has 1 aliphatic rings. The first-order valence-corrected chi connectivity index (χ1v) is 10.2. The average molecular weight is 379 g/mol. The lowest BCUT2D eigenvalue weighted by Gasteiger charge is -2.38. The van der Waals surface area contributed by atoms with Crippen molar-refractivity contribution in [2.45, 2.75) is 38.8 Å². The first kappa shape index (κ1) is 16.5. The van der Waals surface area contributed by atoms with Gasteiger partial charge in [-0.15, -0.1) is 21.5 Å². The maximum atomic E-state index is 12.5. The van der Waals surface area contributed by atoms with E-state index in [4.69, 9.17) is 0 Å². The molecule has 0 aliphatic carbocycles. The van der Waals surface area contributed by atoms with E-state index < -0.39 is 0 Å². The van der Waals surface area contributed by atoms with Crippen LogP contribution in [0.5, 0.6) is 0 Å². The molecule has 0 N–H and O–H groups in total. The van der Waals surface area contributed by atoms with Crippen LogP contribution in [-0.2, 0) is 20.0 Å². The van der Waals surface area contributed by atoms with Gasteiger partial charge in [0.05, 0.1) is 12.1 Å². The van der Waals surface area contributed by atoms with Crippen LogP contribution in [0.25, 0.3) is 16.0 Å². The fraction of sp³-hybridized carbons (Fsp3) is 0.350. The molecule has 4 aromatic rings. The van der Waals surface area contributed by atoms with Gasteiger partial charge in [0.1, 0.15) is 4.70 Å². The summed E-state index contributed by atoms with van der Waals surface area (Å²) in [4.78, 5) is 15.0. The zero-order valence-corrected chi connectivity index (χ0v) is 16.2. The minimum Gasteiger partial charge on any atom is -0.361 e. The smallest absolute Gasteiger partial charge is 0.272 e. The number of hydrogen-bond donors (Lipinski definition) is 0. The highest BCUT2D eigenvalue weighted by Gasteiger charge is 2.27. The van der Waals surface area contributed by atoms with E-state index >= 15 is 0 Å². The SMILES string of the molecule is CCC1CCc2ccccc2N1Cc1nnc2n(C)c(=O)c3sccc3n12. The second-order valence-corrected chi connectivity index (χ2v) is 8.02. The van der Waals surface area contributed by atoms with Crippen LogP contribution >= 0.6 is 11.3 Å². The van der Waals surface area contributed by atoms with Crippen LogP contribution in [0.1, 0.15) is 31.2 Å². The second kappa shape index (κ2) is 6.20. The Bertz CT molecular complexity index is 1200. The summed E-state index contributed by atoms with van der Waals surface area (Å²) in [6.45, 7) is 2.92. The monoisotopic (exact) mass is 379 g/mol. The van der Waals surface area contributed by atoms with Gasteiger partial charge in [0.2, 0.25) is 5.78 Å². The van der Waals surface area contributed by atoms with E-state index in [9.17, 15) is 4.79 Å². The van der Waals surface area contributed by atoms with Gasteiger partial charge in [-0.2, -0.15) is 0 Å². The maximum Gasteiger partial charge on any atom is 0.272 e. The van der Waals surface area contributed by atoms with Crippen LogP contribution in [0, 0.1) is 0 Å². The van der Waals surface area contributed by atoms with E-state index in [1.54, 1.807) is 11.6 Å². The Kier molecular flexibility index (Phi) is 3.79. The Morgan fingerprint density at radius 1 is 1.22 bits per heavy atom. The van der Waals surface area contributed by atoms with Gasteiger partial charge in [0.25, 0.3) is 5.56 Å². The topological polar surface area (TPSA) is 55.4 Å². The van der Waals surface area contributed by atoms with Crippen molar-refractivity contribution in [1.29, 1.82) is 0 Å². The number of hydrogen-bond acceptors (Lipinski definition) is 5. The molecular weight excluding hydrogens is 358 g/mol. The van der Waals surface area contributed by atoms with Crippen molar-refractivity contribution in [3.63, 3.8) is 0 Å². The Hall–Kier alpha value is -2.67. The number of anilines is 1. The van der Waals surface area contributed by atoms with Gasteiger partial charge >= 0.3 is 0 Å². The summed E-state index contributed by atoms with van der Waals surface area (Å²) >= 11 is 1.47. The molecule has 7 heteroatoms. The molecule has 0 spiro atoms. The Labute approximate surface area is 160 Å². The van der Waals surface area contributed by atoms with E-state index in [1.165, 1.54) is 22.6 Å². The molecule has 0 fully saturated rings. The van der Waals surface area contributed by atoms with Gasteiger partial charge in [0, 0.05) is 18.8 Å². The number of benzene rings is 1. The number of nitrogens with zero attached hydrogens (tertiary/aromatic N) is 5. The number of thiophene rings is 1. The second-order valence-electron chi connectivity index (χ2n) is 7.11. The molecule has 0 saturated carbocycles. The van der Waals surface area contributed by atoms with Crippen LogP contribution in [0.3, 0.4) is 0 Å². The molecule has 4 heterocycles. The lowest BCUT2D eigenvalue weighted by molar-refractivity contribution is 0.504. The molecule has 5 rings (SSSR count). The highest BCUT2D eigenvalue weighted by molar-refractivity contribution is 7.17. The van der Waals surface area contributed by atoms with Gasteiger partial charge in [0.15, 0.2) is 5.82 Å². The van der Waals surface area contributed by atoms with E-state index in [-0.39, 0.29) is 5.56 Å². The minimum atomic E-state index is -0.0128. The molecule has 6 nitrogen and oxygen atoms in total. The van der Waals surface area contributed by atoms with Gasteiger partial charge in [-0.25, -0.2) is 0 Å². The summed E-state index contributed by atoms with van der Waals surface area (Å²) in [5.74, 6) is 1.47. The highest BCUT2D eigenvalue weighted by atomic mass is 32.1. The van der Waals surface area contributed by atoms with Crippen LogP contribution < -0.4 is 10.5 Å². The predicted octanol–water partition coefficient (Wildman–Crippen LogP) is 3.37. The summed E-state index contributed by atoms with van der Waals surface area (Å²) in [5.41, 5.74) is 3.57. The molecule has 0 amide bonds. The standard InChI is InChI=1S/C20H21N5OS/c1-3-14-9-8-13-6-4-5-7-15(13)24(14)12-17-21-22-20-23(2)19(26)18-16(25(17)20)10-11-27-18/h4-7,10-11,14H,3,8-9,12H2,1-2H3. The van der Waals surface area contributed by atoms with E-state index in [0.717, 1.165) is 35.3 Å². The first-order valence-electron chi connectivity index (χ1n) is 9.33. The molecule has 1 aliphatic heterocycles. The van der Waals surface area contributed by atoms with E-state index in [0.29, 0.717) is 18.4 Å². The molecule has 3 aromatic heterocycles. The Morgan fingerprint density at radius 2 is 2.07 bits per heavy atom. The Morgan fingerprint density at radius 3 is 2.93 bits per heavy atom. The van der Waals surface area contributed by atoms with Crippen molar-refractivity contribution in [2.24, 2.45) is 7.05 Å². The van der Waals surface area contributed by atoms with Crippen molar-refractivity contribution in [1.82, 2.24) is 19.2 Å². The van der Waals surface area contributed by atoms with Crippen molar-refractivity contribution < 1.29 is 0 Å². The van der Waals surface area contributed by atoms with Crippen LogP contribution in [-0.4, -0.2) is 25.2 Å². The van der Waals surface area contributed by atoms with Gasteiger partial charge in [-0.05, 0) is 42.3 Å². The fourth-order valence-corrected chi connectivity index (χ4v) is 5.07. The maximum absolute atomic E-state index is 12.5. The van der Waals surface area contributed by atoms with Crippen LogP contribution in [0.2, 0.25) is 0 Å². The summed E-state index contributed by atoms with van der Waals surface area (Å²) in [5, 5.41) is 10.8. The third-order valence-corrected chi connectivity index (χ3v) is 6.56. The molecule has 1 aromatic carbocycles. The molecule has 1 unspecified atom stereocenters. The summed E-state index contributed by atoms with van der Waals surface area (Å²) in [7, 11) is 1.76. The van der Waals surface area contributed by atoms with Crippen molar-refractivity contribution in [3.05, 3.63) is 57.5 Å². The molecule has 138 valence electrons. The molecule has 1 atom stereocenters. The number of aromatic nitrogens is 4. The summed E-state index contributed by atoms with van der Waals surface area (Å²) in [6.07, 6.45) is 3.36. The van der Waals surface area contributed by atoms with Crippen molar-refractivity contribution in [3.8, 4) is 0 Å². The third-order valence-electron chi connectivity index (χ3n) is 5.67. The number of para-hydroxylation sites is 1. The van der Waals surface area contributed by atoms with Crippen LogP contribution in [0.15, 0.2) is 40.5 Å². The molecule has 0 bridgehead atoms. The molecule has 27 heavy (non-hydrogen) atoms. The largest absolute Gasteiger partial charge is 0.361 e. The highest BCUT2D eigenvalue weighted by Crippen LogP contribution is 2.33. The Balaban J connectivity index is 1.68. The summed E-state index contributed by atoms with van der Waals surface area (Å²) < 4.78 is 4.38. The number of rotatable bonds is 3. The lowest BCUT2D eigenvalue weighted by atomic mass is 9.94. The molecular formula is C20H21N5OS. The normalized spacial score (nSPS) is 17.0. The minimum absolute atomic E-state index is 0.0128. The molecule has 0 radical (unpaired) electrons. The summed E-state index contributed by atoms with van der Waals surface area (Å²) in [6, 6.07) is 11.1. The van der Waals surface area contributed by atoms with Gasteiger partial charge < -0.3 is 4.90 Å². The van der Waals surface area contributed by atoms with Gasteiger partial charge in [-0.1, -0.05) is 25.1 Å². The first-order chi connectivity index (χ1) is 13.2. The van der Waals surface area contributed by atoms with Crippen molar-refractivity contribution in [2.75, 3.05) is 4.90 Å². The number of aryl methyl sites for hydroxylation is 2. The molecule has 0 saturated heterocycles. The fourth-order valence-electron chi connectivity index (χ4n) is 4.22. The van der Waals surface area contributed by atoms with Crippen molar-refractivity contribution >= 4 is 33.0 Å². The quantitative estimate of drug-likeness (QED) is 0.548. The number of fused-ring (bicyclic) bond motifs is 4. The van der Waals surface area contributed by atoms with E-state index in [2.05, 4.69) is 46.3 Å². The lowest BCUT2D eigenvalue weighted by Crippen LogP contribution is -2.39. The zero-order chi connectivity index (χ0) is 18.5. The van der Waals surface area contributed by atoms with E-state index in [1.807, 2.05) is 15.8 Å². The average Bonchev–Trinajstić information content (AvgIpc) is 3.33. The zero-order valence-electron chi connectivity index (χ0n) is 15.4. The predicted molar refractivity (Wildman–Crippen MR) is 109 cm³/mol.